The number of nitrogen functional groups attached to an aromatic ring is 1. The van der Waals surface area contributed by atoms with Gasteiger partial charge in [0.1, 0.15) is 11.4 Å². The second kappa shape index (κ2) is 4.15. The van der Waals surface area contributed by atoms with E-state index in [1.54, 1.807) is 13.0 Å². The molecular weight excluding hydrogens is 233 g/mol. The number of amides is 1. The van der Waals surface area contributed by atoms with E-state index in [0.717, 1.165) is 0 Å². The van der Waals surface area contributed by atoms with Gasteiger partial charge in [-0.2, -0.15) is 0 Å². The quantitative estimate of drug-likeness (QED) is 0.742. The van der Waals surface area contributed by atoms with Crippen LogP contribution >= 0.6 is 0 Å². The molecule has 1 aromatic carbocycles. The molecule has 0 saturated carbocycles. The van der Waals surface area contributed by atoms with Crippen LogP contribution in [0, 0.1) is 12.7 Å². The SMILES string of the molecule is Cc1cc(N2CCNC(=O)C2(C)C)c(N)cc1F. The van der Waals surface area contributed by atoms with E-state index in [1.807, 2.05) is 18.7 Å². The lowest BCUT2D eigenvalue weighted by atomic mass is 9.97. The number of piperazine rings is 1. The van der Waals surface area contributed by atoms with E-state index in [1.165, 1.54) is 6.07 Å². The lowest BCUT2D eigenvalue weighted by Crippen LogP contribution is -2.62. The molecule has 0 aliphatic carbocycles. The van der Waals surface area contributed by atoms with Gasteiger partial charge in [-0.1, -0.05) is 0 Å². The molecule has 5 heteroatoms. The number of aryl methyl sites for hydroxylation is 1. The Bertz CT molecular complexity index is 499. The summed E-state index contributed by atoms with van der Waals surface area (Å²) >= 11 is 0. The minimum Gasteiger partial charge on any atom is -0.397 e. The number of carbonyl (C=O) groups is 1. The summed E-state index contributed by atoms with van der Waals surface area (Å²) in [4.78, 5) is 13.8. The standard InChI is InChI=1S/C13H18FN3O/c1-8-6-11(10(15)7-9(8)14)17-5-4-16-12(18)13(17,2)3/h6-7H,4-5,15H2,1-3H3,(H,16,18). The van der Waals surface area contributed by atoms with Crippen LogP contribution < -0.4 is 16.0 Å². The van der Waals surface area contributed by atoms with E-state index in [4.69, 9.17) is 5.73 Å². The molecule has 0 radical (unpaired) electrons. The highest BCUT2D eigenvalue weighted by Crippen LogP contribution is 2.32. The normalized spacial score (nSPS) is 18.7. The highest BCUT2D eigenvalue weighted by molar-refractivity contribution is 5.91. The number of hydrogen-bond acceptors (Lipinski definition) is 3. The smallest absolute Gasteiger partial charge is 0.245 e. The summed E-state index contributed by atoms with van der Waals surface area (Å²) in [7, 11) is 0. The number of rotatable bonds is 1. The van der Waals surface area contributed by atoms with Crippen LogP contribution in [0.25, 0.3) is 0 Å². The Morgan fingerprint density at radius 3 is 2.78 bits per heavy atom. The molecule has 1 fully saturated rings. The third-order valence-corrected chi connectivity index (χ3v) is 3.45. The number of benzene rings is 1. The predicted octanol–water partition coefficient (Wildman–Crippen LogP) is 1.43. The van der Waals surface area contributed by atoms with Gasteiger partial charge >= 0.3 is 0 Å². The minimum absolute atomic E-state index is 0.0462. The van der Waals surface area contributed by atoms with Crippen LogP contribution in [0.5, 0.6) is 0 Å². The molecule has 0 spiro atoms. The first-order valence-electron chi connectivity index (χ1n) is 5.95. The van der Waals surface area contributed by atoms with Crippen molar-refractivity contribution in [2.24, 2.45) is 0 Å². The zero-order chi connectivity index (χ0) is 13.5. The fraction of sp³-hybridized carbons (Fsp3) is 0.462. The van der Waals surface area contributed by atoms with Crippen molar-refractivity contribution in [1.82, 2.24) is 5.32 Å². The lowest BCUT2D eigenvalue weighted by molar-refractivity contribution is -0.126. The summed E-state index contributed by atoms with van der Waals surface area (Å²) in [5, 5.41) is 2.82. The topological polar surface area (TPSA) is 58.4 Å². The Balaban J connectivity index is 2.48. The van der Waals surface area contributed by atoms with Gasteiger partial charge in [-0.05, 0) is 38.5 Å². The Kier molecular flexibility index (Phi) is 2.92. The monoisotopic (exact) mass is 251 g/mol. The van der Waals surface area contributed by atoms with Crippen LogP contribution in [-0.2, 0) is 4.79 Å². The van der Waals surface area contributed by atoms with E-state index in [-0.39, 0.29) is 11.7 Å². The molecule has 2 rings (SSSR count). The summed E-state index contributed by atoms with van der Waals surface area (Å²) in [6, 6.07) is 3.01. The van der Waals surface area contributed by atoms with Crippen molar-refractivity contribution in [3.8, 4) is 0 Å². The second-order valence-corrected chi connectivity index (χ2v) is 5.13. The van der Waals surface area contributed by atoms with Crippen molar-refractivity contribution in [2.75, 3.05) is 23.7 Å². The maximum Gasteiger partial charge on any atom is 0.245 e. The van der Waals surface area contributed by atoms with Gasteiger partial charge in [0.15, 0.2) is 0 Å². The van der Waals surface area contributed by atoms with E-state index < -0.39 is 5.54 Å². The molecule has 4 nitrogen and oxygen atoms in total. The number of carbonyl (C=O) groups excluding carboxylic acids is 1. The van der Waals surface area contributed by atoms with Crippen LogP contribution in [-0.4, -0.2) is 24.5 Å². The van der Waals surface area contributed by atoms with Gasteiger partial charge in [0.05, 0.1) is 11.4 Å². The van der Waals surface area contributed by atoms with Crippen LogP contribution in [0.2, 0.25) is 0 Å². The Morgan fingerprint density at radius 2 is 2.11 bits per heavy atom. The van der Waals surface area contributed by atoms with E-state index >= 15 is 0 Å². The first-order valence-corrected chi connectivity index (χ1v) is 5.95. The molecule has 1 saturated heterocycles. The zero-order valence-electron chi connectivity index (χ0n) is 10.9. The summed E-state index contributed by atoms with van der Waals surface area (Å²) in [5.41, 5.74) is 6.80. The number of hydrogen-bond donors (Lipinski definition) is 2. The number of nitrogens with two attached hydrogens (primary N) is 1. The second-order valence-electron chi connectivity index (χ2n) is 5.13. The van der Waals surface area contributed by atoms with Gasteiger partial charge in [0.2, 0.25) is 5.91 Å². The molecule has 0 bridgehead atoms. The molecule has 98 valence electrons. The molecule has 18 heavy (non-hydrogen) atoms. The maximum atomic E-state index is 13.4. The third-order valence-electron chi connectivity index (χ3n) is 3.45. The van der Waals surface area contributed by atoms with E-state index in [9.17, 15) is 9.18 Å². The Hall–Kier alpha value is -1.78. The molecule has 1 heterocycles. The molecule has 1 aromatic rings. The fourth-order valence-corrected chi connectivity index (χ4v) is 2.24. The molecule has 3 N–H and O–H groups in total. The van der Waals surface area contributed by atoms with Gasteiger partial charge in [-0.25, -0.2) is 4.39 Å². The van der Waals surface area contributed by atoms with Crippen molar-refractivity contribution in [2.45, 2.75) is 26.3 Å². The largest absolute Gasteiger partial charge is 0.397 e. The van der Waals surface area contributed by atoms with Crippen molar-refractivity contribution in [3.05, 3.63) is 23.5 Å². The van der Waals surface area contributed by atoms with Gasteiger partial charge in [0.25, 0.3) is 0 Å². The van der Waals surface area contributed by atoms with Gasteiger partial charge in [-0.15, -0.1) is 0 Å². The highest BCUT2D eigenvalue weighted by Gasteiger charge is 2.38. The summed E-state index contributed by atoms with van der Waals surface area (Å²) in [6.45, 7) is 6.58. The van der Waals surface area contributed by atoms with Gasteiger partial charge in [-0.3, -0.25) is 4.79 Å². The van der Waals surface area contributed by atoms with Crippen LogP contribution in [0.4, 0.5) is 15.8 Å². The molecule has 0 aromatic heterocycles. The molecular formula is C13H18FN3O. The van der Waals surface area contributed by atoms with Gasteiger partial charge < -0.3 is 16.0 Å². The number of nitrogens with one attached hydrogen (secondary N) is 1. The third kappa shape index (κ3) is 1.89. The van der Waals surface area contributed by atoms with Crippen molar-refractivity contribution >= 4 is 17.3 Å². The number of halogens is 1. The predicted molar refractivity (Wildman–Crippen MR) is 70.0 cm³/mol. The first kappa shape index (κ1) is 12.7. The summed E-state index contributed by atoms with van der Waals surface area (Å²) in [5.74, 6) is -0.370. The zero-order valence-corrected chi connectivity index (χ0v) is 10.9. The minimum atomic E-state index is -0.684. The highest BCUT2D eigenvalue weighted by atomic mass is 19.1. The number of anilines is 2. The molecule has 1 aliphatic heterocycles. The van der Waals surface area contributed by atoms with Crippen molar-refractivity contribution in [3.63, 3.8) is 0 Å². The van der Waals surface area contributed by atoms with Gasteiger partial charge in [0, 0.05) is 13.1 Å². The van der Waals surface area contributed by atoms with E-state index in [0.29, 0.717) is 30.0 Å². The first-order chi connectivity index (χ1) is 8.34. The molecule has 0 atom stereocenters. The molecule has 1 amide bonds. The summed E-state index contributed by atoms with van der Waals surface area (Å²) in [6.07, 6.45) is 0. The average molecular weight is 251 g/mol. The van der Waals surface area contributed by atoms with E-state index in [2.05, 4.69) is 5.32 Å². The van der Waals surface area contributed by atoms with Crippen LogP contribution in [0.3, 0.4) is 0 Å². The Labute approximate surface area is 106 Å². The summed E-state index contributed by atoms with van der Waals surface area (Å²) < 4.78 is 13.4. The maximum absolute atomic E-state index is 13.4. The number of nitrogens with zero attached hydrogens (tertiary/aromatic N) is 1. The van der Waals surface area contributed by atoms with Crippen LogP contribution in [0.15, 0.2) is 12.1 Å². The average Bonchev–Trinajstić information content (AvgIpc) is 2.28. The molecule has 0 unspecified atom stereocenters. The van der Waals surface area contributed by atoms with Crippen molar-refractivity contribution < 1.29 is 9.18 Å². The fourth-order valence-electron chi connectivity index (χ4n) is 2.24. The molecule has 1 aliphatic rings. The van der Waals surface area contributed by atoms with Crippen molar-refractivity contribution in [1.29, 1.82) is 0 Å². The lowest BCUT2D eigenvalue weighted by Gasteiger charge is -2.43. The Morgan fingerprint density at radius 1 is 1.44 bits per heavy atom. The van der Waals surface area contributed by atoms with Crippen LogP contribution in [0.1, 0.15) is 19.4 Å².